The first-order valence-electron chi connectivity index (χ1n) is 6.66. The third kappa shape index (κ3) is 4.83. The third-order valence-corrected chi connectivity index (χ3v) is 4.00. The van der Waals surface area contributed by atoms with Gasteiger partial charge in [-0.2, -0.15) is 0 Å². The quantitative estimate of drug-likeness (QED) is 0.610. The SMILES string of the molecule is NC=C(C=Nc1csc(C(N)=O)c1)NC(=O)Nc1ccccc1Cl. The van der Waals surface area contributed by atoms with Crippen LogP contribution in [0, 0.1) is 0 Å². The zero-order valence-electron chi connectivity index (χ0n) is 12.3. The van der Waals surface area contributed by atoms with Gasteiger partial charge in [0.2, 0.25) is 0 Å². The van der Waals surface area contributed by atoms with E-state index in [9.17, 15) is 9.59 Å². The Labute approximate surface area is 147 Å². The molecule has 1 aromatic heterocycles. The number of nitrogens with two attached hydrogens (primary N) is 2. The van der Waals surface area contributed by atoms with E-state index >= 15 is 0 Å². The number of benzene rings is 1. The van der Waals surface area contributed by atoms with Crippen molar-refractivity contribution in [3.05, 3.63) is 57.5 Å². The van der Waals surface area contributed by atoms with Crippen LogP contribution < -0.4 is 22.1 Å². The highest BCUT2D eigenvalue weighted by molar-refractivity contribution is 7.12. The Hall–Kier alpha value is -2.84. The molecule has 0 spiro atoms. The first kappa shape index (κ1) is 17.5. The molecule has 0 saturated heterocycles. The number of aliphatic imine (C=N–C) groups is 1. The topological polar surface area (TPSA) is 123 Å². The van der Waals surface area contributed by atoms with Crippen LogP contribution in [0.5, 0.6) is 0 Å². The predicted molar refractivity (Wildman–Crippen MR) is 96.9 cm³/mol. The van der Waals surface area contributed by atoms with Crippen molar-refractivity contribution in [3.8, 4) is 0 Å². The number of hydrogen-bond donors (Lipinski definition) is 4. The second-order valence-electron chi connectivity index (χ2n) is 4.47. The molecule has 0 aliphatic carbocycles. The lowest BCUT2D eigenvalue weighted by Gasteiger charge is -2.08. The number of nitrogens with zero attached hydrogens (tertiary/aromatic N) is 1. The average molecular weight is 364 g/mol. The number of thiophene rings is 1. The monoisotopic (exact) mass is 363 g/mol. The molecule has 24 heavy (non-hydrogen) atoms. The van der Waals surface area contributed by atoms with Crippen molar-refractivity contribution in [2.45, 2.75) is 0 Å². The Balaban J connectivity index is 1.98. The largest absolute Gasteiger partial charge is 0.403 e. The third-order valence-electron chi connectivity index (χ3n) is 2.74. The van der Waals surface area contributed by atoms with Crippen molar-refractivity contribution in [1.29, 1.82) is 0 Å². The number of primary amides is 1. The lowest BCUT2D eigenvalue weighted by Crippen LogP contribution is -2.29. The van der Waals surface area contributed by atoms with Gasteiger partial charge in [0.1, 0.15) is 0 Å². The van der Waals surface area contributed by atoms with E-state index in [-0.39, 0.29) is 5.70 Å². The summed E-state index contributed by atoms with van der Waals surface area (Å²) >= 11 is 7.14. The molecule has 0 fully saturated rings. The number of amides is 3. The van der Waals surface area contributed by atoms with E-state index in [0.29, 0.717) is 21.3 Å². The molecule has 0 aliphatic rings. The van der Waals surface area contributed by atoms with Crippen LogP contribution in [0.3, 0.4) is 0 Å². The standard InChI is InChI=1S/C15H14ClN5O2S/c16-11-3-1-2-4-12(11)21-15(23)20-10(6-17)7-19-9-5-13(14(18)22)24-8-9/h1-8H,17H2,(H2,18,22)(H2,20,21,23). The van der Waals surface area contributed by atoms with Crippen LogP contribution in [-0.2, 0) is 0 Å². The molecule has 2 rings (SSSR count). The number of para-hydroxylation sites is 1. The minimum absolute atomic E-state index is 0.270. The molecule has 7 nitrogen and oxygen atoms in total. The van der Waals surface area contributed by atoms with Gasteiger partial charge in [0.05, 0.1) is 33.2 Å². The molecule has 2 aromatic rings. The summed E-state index contributed by atoms with van der Waals surface area (Å²) in [7, 11) is 0. The van der Waals surface area contributed by atoms with Crippen LogP contribution in [0.1, 0.15) is 9.67 Å². The number of carbonyl (C=O) groups excluding carboxylic acids is 2. The summed E-state index contributed by atoms with van der Waals surface area (Å²) in [6.45, 7) is 0. The lowest BCUT2D eigenvalue weighted by molar-refractivity contribution is 0.100. The van der Waals surface area contributed by atoms with Crippen molar-refractivity contribution >= 4 is 52.5 Å². The molecule has 1 heterocycles. The minimum Gasteiger partial charge on any atom is -0.403 e. The number of urea groups is 1. The normalized spacial score (nSPS) is 11.5. The summed E-state index contributed by atoms with van der Waals surface area (Å²) in [6, 6.07) is 7.85. The summed E-state index contributed by atoms with van der Waals surface area (Å²) < 4.78 is 0. The molecule has 0 unspecified atom stereocenters. The number of carbonyl (C=O) groups is 2. The number of allylic oxidation sites excluding steroid dienone is 1. The van der Waals surface area contributed by atoms with Gasteiger partial charge < -0.3 is 22.1 Å². The molecular formula is C15H14ClN5O2S. The van der Waals surface area contributed by atoms with E-state index in [0.717, 1.165) is 0 Å². The molecule has 6 N–H and O–H groups in total. The van der Waals surface area contributed by atoms with Crippen LogP contribution in [-0.4, -0.2) is 18.2 Å². The van der Waals surface area contributed by atoms with E-state index in [1.165, 1.54) is 23.8 Å². The number of rotatable bonds is 5. The van der Waals surface area contributed by atoms with Gasteiger partial charge in [-0.15, -0.1) is 11.3 Å². The highest BCUT2D eigenvalue weighted by Crippen LogP contribution is 2.21. The van der Waals surface area contributed by atoms with E-state index in [1.807, 2.05) is 0 Å². The maximum atomic E-state index is 11.9. The molecule has 9 heteroatoms. The van der Waals surface area contributed by atoms with Gasteiger partial charge in [0, 0.05) is 11.6 Å². The van der Waals surface area contributed by atoms with Crippen LogP contribution in [0.25, 0.3) is 0 Å². The van der Waals surface area contributed by atoms with Crippen LogP contribution in [0.4, 0.5) is 16.2 Å². The maximum Gasteiger partial charge on any atom is 0.323 e. The summed E-state index contributed by atoms with van der Waals surface area (Å²) in [6.07, 6.45) is 2.55. The van der Waals surface area contributed by atoms with Gasteiger partial charge in [0.15, 0.2) is 0 Å². The molecule has 0 bridgehead atoms. The van der Waals surface area contributed by atoms with E-state index < -0.39 is 11.9 Å². The van der Waals surface area contributed by atoms with Crippen LogP contribution in [0.2, 0.25) is 5.02 Å². The number of hydrogen-bond acceptors (Lipinski definition) is 5. The fraction of sp³-hybridized carbons (Fsp3) is 0. The van der Waals surface area contributed by atoms with Gasteiger partial charge in [-0.1, -0.05) is 23.7 Å². The molecule has 1 aromatic carbocycles. The Morgan fingerprint density at radius 2 is 2.04 bits per heavy atom. The molecule has 0 atom stereocenters. The average Bonchev–Trinajstić information content (AvgIpc) is 3.03. The van der Waals surface area contributed by atoms with Gasteiger partial charge in [-0.25, -0.2) is 4.79 Å². The number of halogens is 1. The smallest absolute Gasteiger partial charge is 0.323 e. The fourth-order valence-corrected chi connectivity index (χ4v) is 2.50. The summed E-state index contributed by atoms with van der Waals surface area (Å²) in [5.74, 6) is -0.520. The van der Waals surface area contributed by atoms with E-state index in [1.54, 1.807) is 35.7 Å². The van der Waals surface area contributed by atoms with Crippen molar-refractivity contribution < 1.29 is 9.59 Å². The van der Waals surface area contributed by atoms with Crippen molar-refractivity contribution in [2.75, 3.05) is 5.32 Å². The van der Waals surface area contributed by atoms with Crippen molar-refractivity contribution in [1.82, 2.24) is 5.32 Å². The van der Waals surface area contributed by atoms with Gasteiger partial charge in [0.25, 0.3) is 5.91 Å². The summed E-state index contributed by atoms with van der Waals surface area (Å²) in [5.41, 5.74) is 11.9. The zero-order chi connectivity index (χ0) is 17.5. The number of anilines is 1. The van der Waals surface area contributed by atoms with E-state index in [4.69, 9.17) is 23.1 Å². The number of nitrogens with one attached hydrogen (secondary N) is 2. The molecule has 124 valence electrons. The Kier molecular flexibility index (Phi) is 5.94. The maximum absolute atomic E-state index is 11.9. The minimum atomic E-state index is -0.520. The first-order valence-corrected chi connectivity index (χ1v) is 7.92. The lowest BCUT2D eigenvalue weighted by atomic mass is 10.3. The molecule has 0 aliphatic heterocycles. The highest BCUT2D eigenvalue weighted by Gasteiger charge is 2.07. The Morgan fingerprint density at radius 3 is 2.67 bits per heavy atom. The fourth-order valence-electron chi connectivity index (χ4n) is 1.63. The Bertz CT molecular complexity index is 816. The first-order chi connectivity index (χ1) is 11.5. The highest BCUT2D eigenvalue weighted by atomic mass is 35.5. The van der Waals surface area contributed by atoms with Crippen LogP contribution >= 0.6 is 22.9 Å². The van der Waals surface area contributed by atoms with Crippen molar-refractivity contribution in [3.63, 3.8) is 0 Å². The molecule has 3 amide bonds. The van der Waals surface area contributed by atoms with Gasteiger partial charge in [-0.05, 0) is 18.2 Å². The molecule has 0 radical (unpaired) electrons. The van der Waals surface area contributed by atoms with Crippen LogP contribution in [0.15, 0.2) is 52.6 Å². The predicted octanol–water partition coefficient (Wildman–Crippen LogP) is 2.82. The van der Waals surface area contributed by atoms with Gasteiger partial charge in [-0.3, -0.25) is 9.79 Å². The molecule has 0 saturated carbocycles. The zero-order valence-corrected chi connectivity index (χ0v) is 13.9. The Morgan fingerprint density at radius 1 is 1.29 bits per heavy atom. The second kappa shape index (κ2) is 8.14. The van der Waals surface area contributed by atoms with E-state index in [2.05, 4.69) is 15.6 Å². The van der Waals surface area contributed by atoms with Gasteiger partial charge >= 0.3 is 6.03 Å². The second-order valence-corrected chi connectivity index (χ2v) is 5.79. The summed E-state index contributed by atoms with van der Waals surface area (Å²) in [4.78, 5) is 27.5. The van der Waals surface area contributed by atoms with Crippen molar-refractivity contribution in [2.24, 2.45) is 16.5 Å². The summed E-state index contributed by atoms with van der Waals surface area (Å²) in [5, 5.41) is 7.20. The molecular weight excluding hydrogens is 350 g/mol.